The van der Waals surface area contributed by atoms with E-state index in [0.717, 1.165) is 96.3 Å². The summed E-state index contributed by atoms with van der Waals surface area (Å²) >= 11 is 0. The summed E-state index contributed by atoms with van der Waals surface area (Å²) in [7, 11) is -4.39. The Bertz CT molecular complexity index is 1530. The Morgan fingerprint density at radius 1 is 0.419 bits per heavy atom. The Hall–Kier alpha value is -3.07. The van der Waals surface area contributed by atoms with Crippen molar-refractivity contribution in [1.82, 2.24) is 0 Å². The predicted octanol–water partition coefficient (Wildman–Crippen LogP) is 19.2. The summed E-state index contributed by atoms with van der Waals surface area (Å²) in [6.45, 7) is 3.65. The summed E-state index contributed by atoms with van der Waals surface area (Å²) in [5.74, 6) is -0.827. The van der Waals surface area contributed by atoms with Gasteiger partial charge >= 0.3 is 19.8 Å². The van der Waals surface area contributed by atoms with E-state index < -0.39 is 26.5 Å². The molecule has 0 heterocycles. The smallest absolute Gasteiger partial charge is 0.462 e. The molecule has 0 rings (SSSR count). The lowest BCUT2D eigenvalue weighted by molar-refractivity contribution is -0.161. The maximum Gasteiger partial charge on any atom is 0.472 e. The van der Waals surface area contributed by atoms with Crippen LogP contribution >= 0.6 is 7.82 Å². The molecule has 0 bridgehead atoms. The fraction of sp³-hybridized carbons (Fsp3) is 0.719. The van der Waals surface area contributed by atoms with Gasteiger partial charge in [-0.25, -0.2) is 4.57 Å². The van der Waals surface area contributed by atoms with Gasteiger partial charge in [0.1, 0.15) is 6.61 Å². The predicted molar refractivity (Wildman–Crippen MR) is 316 cm³/mol. The summed E-state index contributed by atoms with van der Waals surface area (Å²) in [4.78, 5) is 35.2. The van der Waals surface area contributed by atoms with Crippen molar-refractivity contribution in [3.05, 3.63) is 97.2 Å². The minimum atomic E-state index is -4.39. The molecule has 3 N–H and O–H groups in total. The highest BCUT2D eigenvalue weighted by Gasteiger charge is 2.26. The lowest BCUT2D eigenvalue weighted by Crippen LogP contribution is -2.29. The highest BCUT2D eigenvalue weighted by atomic mass is 31.2. The Labute approximate surface area is 455 Å². The zero-order chi connectivity index (χ0) is 53.8. The Morgan fingerprint density at radius 2 is 0.743 bits per heavy atom. The van der Waals surface area contributed by atoms with Crippen LogP contribution in [0.1, 0.15) is 264 Å². The van der Waals surface area contributed by atoms with Gasteiger partial charge in [0.15, 0.2) is 6.10 Å². The number of rotatable bonds is 56. The van der Waals surface area contributed by atoms with Crippen molar-refractivity contribution >= 4 is 19.8 Å². The minimum absolute atomic E-state index is 0.0502. The number of carbonyl (C=O) groups is 2. The summed E-state index contributed by atoms with van der Waals surface area (Å²) in [5.41, 5.74) is 5.38. The molecule has 0 aliphatic carbocycles. The number of ether oxygens (including phenoxy) is 2. The quantitative estimate of drug-likeness (QED) is 0.0264. The third-order valence-electron chi connectivity index (χ3n) is 12.7. The second-order valence-electron chi connectivity index (χ2n) is 19.8. The zero-order valence-electron chi connectivity index (χ0n) is 47.6. The molecule has 426 valence electrons. The van der Waals surface area contributed by atoms with E-state index in [4.69, 9.17) is 24.3 Å². The van der Waals surface area contributed by atoms with Gasteiger partial charge in [0.2, 0.25) is 0 Å². The summed E-state index contributed by atoms with van der Waals surface area (Å²) in [6.07, 6.45) is 78.9. The number of phosphoric acid groups is 1. The van der Waals surface area contributed by atoms with Crippen LogP contribution in [0.5, 0.6) is 0 Å². The van der Waals surface area contributed by atoms with Gasteiger partial charge in [-0.05, 0) is 77.0 Å². The topological polar surface area (TPSA) is 134 Å². The summed E-state index contributed by atoms with van der Waals surface area (Å²) < 4.78 is 33.0. The molecular weight excluding hydrogens is 942 g/mol. The van der Waals surface area contributed by atoms with E-state index in [0.29, 0.717) is 6.42 Å². The second-order valence-corrected chi connectivity index (χ2v) is 21.3. The van der Waals surface area contributed by atoms with E-state index in [9.17, 15) is 19.0 Å². The monoisotopic (exact) mass is 1050 g/mol. The first-order valence-electron chi connectivity index (χ1n) is 30.2. The van der Waals surface area contributed by atoms with Gasteiger partial charge in [-0.1, -0.05) is 272 Å². The molecule has 2 atom stereocenters. The van der Waals surface area contributed by atoms with Crippen LogP contribution in [0.15, 0.2) is 97.2 Å². The third-order valence-corrected chi connectivity index (χ3v) is 13.7. The second kappa shape index (κ2) is 59.2. The van der Waals surface area contributed by atoms with Crippen LogP contribution in [0.3, 0.4) is 0 Å². The molecule has 0 aliphatic rings. The van der Waals surface area contributed by atoms with Crippen LogP contribution < -0.4 is 5.73 Å². The van der Waals surface area contributed by atoms with Crippen LogP contribution in [-0.4, -0.2) is 49.3 Å². The molecule has 74 heavy (non-hydrogen) atoms. The summed E-state index contributed by atoms with van der Waals surface area (Å²) in [6, 6.07) is 0. The molecular formula is C64H112NO8P. The number of carbonyl (C=O) groups excluding carboxylic acids is 2. The van der Waals surface area contributed by atoms with Crippen molar-refractivity contribution in [2.75, 3.05) is 26.4 Å². The first-order chi connectivity index (χ1) is 36.3. The third kappa shape index (κ3) is 58.2. The zero-order valence-corrected chi connectivity index (χ0v) is 48.4. The van der Waals surface area contributed by atoms with Crippen LogP contribution in [0.25, 0.3) is 0 Å². The molecule has 10 heteroatoms. The van der Waals surface area contributed by atoms with Crippen molar-refractivity contribution in [3.8, 4) is 0 Å². The molecule has 0 aromatic heterocycles. The fourth-order valence-electron chi connectivity index (χ4n) is 8.30. The fourth-order valence-corrected chi connectivity index (χ4v) is 9.07. The van der Waals surface area contributed by atoms with Gasteiger partial charge < -0.3 is 20.1 Å². The number of phosphoric ester groups is 1. The molecule has 0 aromatic carbocycles. The molecule has 0 aliphatic heterocycles. The molecule has 0 amide bonds. The minimum Gasteiger partial charge on any atom is -0.462 e. The van der Waals surface area contributed by atoms with Crippen molar-refractivity contribution in [1.29, 1.82) is 0 Å². The summed E-state index contributed by atoms with van der Waals surface area (Å²) in [5, 5.41) is 0. The van der Waals surface area contributed by atoms with Crippen molar-refractivity contribution < 1.29 is 37.6 Å². The largest absolute Gasteiger partial charge is 0.472 e. The molecule has 0 aromatic rings. The van der Waals surface area contributed by atoms with Gasteiger partial charge in [0.05, 0.1) is 13.2 Å². The van der Waals surface area contributed by atoms with E-state index in [-0.39, 0.29) is 38.6 Å². The van der Waals surface area contributed by atoms with E-state index in [1.54, 1.807) is 0 Å². The molecule has 0 saturated carbocycles. The highest BCUT2D eigenvalue weighted by molar-refractivity contribution is 7.47. The van der Waals surface area contributed by atoms with Gasteiger partial charge in [-0.3, -0.25) is 18.6 Å². The standard InChI is InChI=1S/C64H112NO8P/c1-3-5-7-9-11-13-15-17-19-21-23-24-25-26-27-28-29-30-31-32-33-34-35-36-37-38-39-41-43-45-47-49-51-53-55-57-64(67)73-62(61-72-74(68,69)71-59-58-65)60-70-63(66)56-54-52-50-48-46-44-42-40-22-20-18-16-14-12-10-8-6-4-2/h5,7,11,13,17,19,23-24,26-27,29-30,32-33,35-36,62H,3-4,6,8-10,12,14-16,18,20-22,25,28,31,34,37-61,65H2,1-2H3,(H,68,69)/b7-5-,13-11-,19-17-,24-23-,27-26-,30-29-,33-32-,36-35-. The molecule has 9 nitrogen and oxygen atoms in total. The van der Waals surface area contributed by atoms with E-state index in [2.05, 4.69) is 111 Å². The van der Waals surface area contributed by atoms with Crippen molar-refractivity contribution in [2.24, 2.45) is 5.73 Å². The van der Waals surface area contributed by atoms with Gasteiger partial charge in [-0.15, -0.1) is 0 Å². The Kier molecular flexibility index (Phi) is 56.7. The molecule has 0 saturated heterocycles. The number of unbranched alkanes of at least 4 members (excludes halogenated alkanes) is 27. The number of esters is 2. The van der Waals surface area contributed by atoms with Crippen LogP contribution in [-0.2, 0) is 32.7 Å². The molecule has 0 radical (unpaired) electrons. The Morgan fingerprint density at radius 3 is 1.11 bits per heavy atom. The SMILES string of the molecule is CC/C=C\C/C=C\C/C=C\C/C=C\C/C=C\C/C=C\C/C=C\C/C=C\CCCCCCCCCCCCC(=O)OC(COC(=O)CCCCCCCCCCCCCCCCCCCC)COP(=O)(O)OCCN. The van der Waals surface area contributed by atoms with Gasteiger partial charge in [-0.2, -0.15) is 0 Å². The van der Waals surface area contributed by atoms with Crippen molar-refractivity contribution in [2.45, 2.75) is 270 Å². The number of hydrogen-bond donors (Lipinski definition) is 2. The maximum atomic E-state index is 12.7. The van der Waals surface area contributed by atoms with E-state index in [1.165, 1.54) is 135 Å². The number of hydrogen-bond acceptors (Lipinski definition) is 8. The molecule has 2 unspecified atom stereocenters. The number of nitrogens with two attached hydrogens (primary N) is 1. The average Bonchev–Trinajstić information content (AvgIpc) is 3.39. The normalized spacial score (nSPS) is 13.7. The van der Waals surface area contributed by atoms with Crippen LogP contribution in [0.2, 0.25) is 0 Å². The van der Waals surface area contributed by atoms with Gasteiger partial charge in [0, 0.05) is 19.4 Å². The number of allylic oxidation sites excluding steroid dienone is 16. The molecule has 0 spiro atoms. The van der Waals surface area contributed by atoms with E-state index in [1.807, 2.05) is 0 Å². The van der Waals surface area contributed by atoms with Crippen LogP contribution in [0.4, 0.5) is 0 Å². The van der Waals surface area contributed by atoms with Gasteiger partial charge in [0.25, 0.3) is 0 Å². The van der Waals surface area contributed by atoms with Crippen molar-refractivity contribution in [3.63, 3.8) is 0 Å². The van der Waals surface area contributed by atoms with E-state index >= 15 is 0 Å². The Balaban J connectivity index is 3.97. The highest BCUT2D eigenvalue weighted by Crippen LogP contribution is 2.43. The first-order valence-corrected chi connectivity index (χ1v) is 31.7. The molecule has 0 fully saturated rings. The average molecular weight is 1050 g/mol. The maximum absolute atomic E-state index is 12.7. The first kappa shape index (κ1) is 70.9. The van der Waals surface area contributed by atoms with Crippen LogP contribution in [0, 0.1) is 0 Å². The lowest BCUT2D eigenvalue weighted by Gasteiger charge is -2.19. The lowest BCUT2D eigenvalue weighted by atomic mass is 10.0.